The summed E-state index contributed by atoms with van der Waals surface area (Å²) in [5.74, 6) is -0.821. The molecule has 0 saturated carbocycles. The van der Waals surface area contributed by atoms with Crippen molar-refractivity contribution in [2.24, 2.45) is 0 Å². The van der Waals surface area contributed by atoms with E-state index in [0.717, 1.165) is 23.2 Å². The molecule has 33 heavy (non-hydrogen) atoms. The van der Waals surface area contributed by atoms with Gasteiger partial charge in [0, 0.05) is 29.0 Å². The number of hydrogen-bond donors (Lipinski definition) is 1. The molecule has 0 saturated heterocycles. The average Bonchev–Trinajstić information content (AvgIpc) is 3.23. The summed E-state index contributed by atoms with van der Waals surface area (Å²) >= 11 is 7.08. The molecule has 3 aromatic carbocycles. The molecule has 0 unspecified atom stereocenters. The lowest BCUT2D eigenvalue weighted by Crippen LogP contribution is -2.22. The fraction of sp³-hybridized carbons (Fsp3) is 0.0833. The van der Waals surface area contributed by atoms with E-state index in [4.69, 9.17) is 11.6 Å². The van der Waals surface area contributed by atoms with Gasteiger partial charge in [0.25, 0.3) is 5.91 Å². The molecule has 0 spiro atoms. The van der Waals surface area contributed by atoms with Crippen molar-refractivity contribution >= 4 is 38.7 Å². The molecule has 0 aliphatic rings. The summed E-state index contributed by atoms with van der Waals surface area (Å²) < 4.78 is 38.3. The highest BCUT2D eigenvalue weighted by atomic mass is 35.5. The summed E-state index contributed by atoms with van der Waals surface area (Å²) in [4.78, 5) is 18.0. The zero-order valence-corrected chi connectivity index (χ0v) is 19.8. The van der Waals surface area contributed by atoms with Crippen molar-refractivity contribution in [1.29, 1.82) is 0 Å². The maximum Gasteiger partial charge on any atom is 0.280 e. The van der Waals surface area contributed by atoms with Crippen LogP contribution in [-0.2, 0) is 16.4 Å². The van der Waals surface area contributed by atoms with Gasteiger partial charge in [0.15, 0.2) is 14.8 Å². The zero-order valence-electron chi connectivity index (χ0n) is 17.4. The van der Waals surface area contributed by atoms with Gasteiger partial charge in [-0.05, 0) is 48.0 Å². The van der Waals surface area contributed by atoms with Crippen LogP contribution >= 0.6 is 22.9 Å². The second kappa shape index (κ2) is 9.43. The number of amides is 1. The monoisotopic (exact) mass is 500 g/mol. The molecular weight excluding hydrogens is 483 g/mol. The lowest BCUT2D eigenvalue weighted by molar-refractivity contribution is 0.0950. The highest BCUT2D eigenvalue weighted by Crippen LogP contribution is 2.39. The van der Waals surface area contributed by atoms with E-state index in [1.54, 1.807) is 48.5 Å². The predicted molar refractivity (Wildman–Crippen MR) is 129 cm³/mol. The average molecular weight is 501 g/mol. The Morgan fingerprint density at radius 2 is 1.79 bits per heavy atom. The van der Waals surface area contributed by atoms with E-state index in [0.29, 0.717) is 26.7 Å². The van der Waals surface area contributed by atoms with Crippen LogP contribution in [0.2, 0.25) is 5.02 Å². The number of nitrogens with zero attached hydrogens (tertiary/aromatic N) is 1. The van der Waals surface area contributed by atoms with Crippen molar-refractivity contribution in [1.82, 2.24) is 10.3 Å². The highest BCUT2D eigenvalue weighted by molar-refractivity contribution is 7.90. The molecule has 0 radical (unpaired) electrons. The minimum absolute atomic E-state index is 0.128. The Morgan fingerprint density at radius 3 is 2.48 bits per heavy atom. The topological polar surface area (TPSA) is 76.1 Å². The molecule has 0 bridgehead atoms. The third kappa shape index (κ3) is 5.30. The first-order valence-electron chi connectivity index (χ1n) is 9.81. The van der Waals surface area contributed by atoms with Crippen molar-refractivity contribution in [3.8, 4) is 21.7 Å². The summed E-state index contributed by atoms with van der Waals surface area (Å²) in [5, 5.41) is 3.54. The van der Waals surface area contributed by atoms with E-state index >= 15 is 0 Å². The Hall–Kier alpha value is -3.07. The van der Waals surface area contributed by atoms with E-state index in [9.17, 15) is 17.6 Å². The Bertz CT molecular complexity index is 1430. The number of carbonyl (C=O) groups excluding carboxylic acids is 1. The lowest BCUT2D eigenvalue weighted by atomic mass is 10.1. The molecule has 0 fully saturated rings. The molecule has 9 heteroatoms. The smallest absolute Gasteiger partial charge is 0.280 e. The van der Waals surface area contributed by atoms with Gasteiger partial charge in [0.1, 0.15) is 5.82 Å². The van der Waals surface area contributed by atoms with Gasteiger partial charge >= 0.3 is 0 Å². The van der Waals surface area contributed by atoms with Crippen LogP contribution in [0.5, 0.6) is 0 Å². The SMILES string of the molecule is CS(=O)(=O)c1ccccc1-c1sc(C(=O)NCc2cccc(Cl)c2)nc1-c1ccc(F)cc1. The van der Waals surface area contributed by atoms with Gasteiger partial charge in [-0.15, -0.1) is 11.3 Å². The standard InChI is InChI=1S/C24H18ClFN2O3S2/c1-33(30,31)20-8-3-2-7-19(20)22-21(16-9-11-18(26)12-10-16)28-24(32-22)23(29)27-14-15-5-4-6-17(25)13-15/h2-13H,14H2,1H3,(H,27,29). The normalized spacial score (nSPS) is 11.4. The molecule has 168 valence electrons. The fourth-order valence-electron chi connectivity index (χ4n) is 3.29. The highest BCUT2D eigenvalue weighted by Gasteiger charge is 2.23. The van der Waals surface area contributed by atoms with Gasteiger partial charge in [-0.25, -0.2) is 17.8 Å². The molecule has 1 heterocycles. The lowest BCUT2D eigenvalue weighted by Gasteiger charge is -2.08. The summed E-state index contributed by atoms with van der Waals surface area (Å²) in [6, 6.07) is 19.3. The molecule has 4 rings (SSSR count). The van der Waals surface area contributed by atoms with Crippen LogP contribution in [-0.4, -0.2) is 25.6 Å². The Kier molecular flexibility index (Phi) is 6.60. The van der Waals surface area contributed by atoms with Crippen LogP contribution in [0, 0.1) is 5.82 Å². The third-order valence-corrected chi connectivity index (χ3v) is 7.29. The second-order valence-corrected chi connectivity index (χ2v) is 10.7. The van der Waals surface area contributed by atoms with Crippen LogP contribution in [0.25, 0.3) is 21.7 Å². The van der Waals surface area contributed by atoms with Gasteiger partial charge in [-0.2, -0.15) is 0 Å². The summed E-state index contributed by atoms with van der Waals surface area (Å²) in [6.45, 7) is 0.250. The van der Waals surface area contributed by atoms with Crippen LogP contribution < -0.4 is 5.32 Å². The van der Waals surface area contributed by atoms with E-state index in [-0.39, 0.29) is 16.4 Å². The van der Waals surface area contributed by atoms with Crippen molar-refractivity contribution in [2.45, 2.75) is 11.4 Å². The largest absolute Gasteiger partial charge is 0.346 e. The Labute approximate surface area is 199 Å². The first-order valence-corrected chi connectivity index (χ1v) is 12.9. The molecule has 1 N–H and O–H groups in total. The zero-order chi connectivity index (χ0) is 23.6. The molecule has 0 atom stereocenters. The minimum atomic E-state index is -3.54. The van der Waals surface area contributed by atoms with Crippen LogP contribution in [0.15, 0.2) is 77.7 Å². The minimum Gasteiger partial charge on any atom is -0.346 e. The second-order valence-electron chi connectivity index (χ2n) is 7.28. The first kappa shape index (κ1) is 23.1. The Morgan fingerprint density at radius 1 is 1.06 bits per heavy atom. The fourth-order valence-corrected chi connectivity index (χ4v) is 5.50. The number of aromatic nitrogens is 1. The van der Waals surface area contributed by atoms with Gasteiger partial charge in [-0.1, -0.05) is 41.9 Å². The number of benzene rings is 3. The third-order valence-electron chi connectivity index (χ3n) is 4.81. The van der Waals surface area contributed by atoms with E-state index in [1.807, 2.05) is 6.07 Å². The number of thiazole rings is 1. The van der Waals surface area contributed by atoms with Crippen molar-refractivity contribution < 1.29 is 17.6 Å². The number of hydrogen-bond acceptors (Lipinski definition) is 5. The van der Waals surface area contributed by atoms with E-state index < -0.39 is 21.6 Å². The number of nitrogens with one attached hydrogen (secondary N) is 1. The Balaban J connectivity index is 1.77. The van der Waals surface area contributed by atoms with Gasteiger partial charge < -0.3 is 5.32 Å². The van der Waals surface area contributed by atoms with Crippen molar-refractivity contribution in [3.05, 3.63) is 94.2 Å². The van der Waals surface area contributed by atoms with E-state index in [2.05, 4.69) is 10.3 Å². The van der Waals surface area contributed by atoms with Gasteiger partial charge in [0.05, 0.1) is 15.5 Å². The summed E-state index contributed by atoms with van der Waals surface area (Å²) in [7, 11) is -3.54. The number of halogens is 2. The number of rotatable bonds is 6. The van der Waals surface area contributed by atoms with Gasteiger partial charge in [0.2, 0.25) is 0 Å². The van der Waals surface area contributed by atoms with Crippen LogP contribution in [0.4, 0.5) is 4.39 Å². The quantitative estimate of drug-likeness (QED) is 0.373. The molecule has 4 aromatic rings. The molecule has 0 aliphatic heterocycles. The van der Waals surface area contributed by atoms with Crippen molar-refractivity contribution in [3.63, 3.8) is 0 Å². The molecule has 0 aliphatic carbocycles. The predicted octanol–water partition coefficient (Wildman–Crippen LogP) is 5.60. The van der Waals surface area contributed by atoms with Crippen LogP contribution in [0.3, 0.4) is 0 Å². The maximum atomic E-state index is 13.5. The van der Waals surface area contributed by atoms with Crippen molar-refractivity contribution in [2.75, 3.05) is 6.26 Å². The molecule has 1 aromatic heterocycles. The molecule has 1 amide bonds. The number of carbonyl (C=O) groups is 1. The summed E-state index contributed by atoms with van der Waals surface area (Å²) in [5.41, 5.74) is 2.24. The van der Waals surface area contributed by atoms with E-state index in [1.165, 1.54) is 18.2 Å². The number of sulfone groups is 1. The molecular formula is C24H18ClFN2O3S2. The summed E-state index contributed by atoms with van der Waals surface area (Å²) in [6.07, 6.45) is 1.13. The van der Waals surface area contributed by atoms with Crippen LogP contribution in [0.1, 0.15) is 15.4 Å². The van der Waals surface area contributed by atoms with Gasteiger partial charge in [-0.3, -0.25) is 4.79 Å². The molecule has 5 nitrogen and oxygen atoms in total. The first-order chi connectivity index (χ1) is 15.7. The maximum absolute atomic E-state index is 13.5.